The summed E-state index contributed by atoms with van der Waals surface area (Å²) in [7, 11) is 3.24. The van der Waals surface area contributed by atoms with Crippen LogP contribution in [0.25, 0.3) is 0 Å². The summed E-state index contributed by atoms with van der Waals surface area (Å²) < 4.78 is 11.1. The summed E-state index contributed by atoms with van der Waals surface area (Å²) in [6.45, 7) is 0. The van der Waals surface area contributed by atoms with Crippen molar-refractivity contribution in [1.82, 2.24) is 0 Å². The van der Waals surface area contributed by atoms with Gasteiger partial charge in [-0.2, -0.15) is 0 Å². The van der Waals surface area contributed by atoms with Gasteiger partial charge in [0.1, 0.15) is 0 Å². The minimum atomic E-state index is 0.716. The first-order valence-electron chi connectivity index (χ1n) is 4.08. The zero-order valence-electron chi connectivity index (χ0n) is 8.13. The lowest BCUT2D eigenvalue weighted by molar-refractivity contribution is 0.355. The predicted octanol–water partition coefficient (Wildman–Crippen LogP) is 2.49. The number of ether oxygens (including phenoxy) is 2. The molecule has 0 unspecified atom stereocenters. The summed E-state index contributed by atoms with van der Waals surface area (Å²) in [5.41, 5.74) is 0.944. The number of hydrogen-bond donors (Lipinski definition) is 0. The van der Waals surface area contributed by atoms with Crippen LogP contribution in [0.5, 0.6) is 11.5 Å². The zero-order chi connectivity index (χ0) is 10.4. The molecule has 0 aromatic heterocycles. The summed E-state index contributed by atoms with van der Waals surface area (Å²) in [5.74, 6) is 7.47. The molecule has 3 heteroatoms. The number of alkyl halides is 1. The van der Waals surface area contributed by atoms with Gasteiger partial charge in [-0.25, -0.2) is 0 Å². The Kier molecular flexibility index (Phi) is 4.60. The first kappa shape index (κ1) is 11.2. The van der Waals surface area contributed by atoms with Crippen LogP contribution in [-0.4, -0.2) is 18.6 Å². The maximum absolute atomic E-state index is 5.16. The van der Waals surface area contributed by atoms with Gasteiger partial charge in [-0.15, -0.1) is 0 Å². The SMILES string of the molecule is COc1ccc(C#CCI)cc1OC. The Morgan fingerprint density at radius 2 is 1.93 bits per heavy atom. The molecule has 1 rings (SSSR count). The molecule has 0 aliphatic rings. The molecule has 2 nitrogen and oxygen atoms in total. The molecule has 0 aliphatic heterocycles. The molecule has 0 N–H and O–H groups in total. The van der Waals surface area contributed by atoms with Crippen LogP contribution in [0, 0.1) is 11.8 Å². The second-order valence-electron chi connectivity index (χ2n) is 2.51. The molecule has 0 fully saturated rings. The molecule has 0 bridgehead atoms. The molecule has 0 spiro atoms. The van der Waals surface area contributed by atoms with Gasteiger partial charge in [0, 0.05) is 5.56 Å². The van der Waals surface area contributed by atoms with Gasteiger partial charge in [0.15, 0.2) is 11.5 Å². The Bertz CT molecular complexity index is 363. The van der Waals surface area contributed by atoms with E-state index in [4.69, 9.17) is 9.47 Å². The fourth-order valence-electron chi connectivity index (χ4n) is 1.05. The highest BCUT2D eigenvalue weighted by atomic mass is 127. The molecule has 14 heavy (non-hydrogen) atoms. The Morgan fingerprint density at radius 1 is 1.21 bits per heavy atom. The lowest BCUT2D eigenvalue weighted by Crippen LogP contribution is -1.90. The topological polar surface area (TPSA) is 18.5 Å². The van der Waals surface area contributed by atoms with Crippen LogP contribution in [0.1, 0.15) is 5.56 Å². The lowest BCUT2D eigenvalue weighted by atomic mass is 10.2. The van der Waals surface area contributed by atoms with Gasteiger partial charge < -0.3 is 9.47 Å². The van der Waals surface area contributed by atoms with Crippen LogP contribution in [-0.2, 0) is 0 Å². The summed E-state index contributed by atoms with van der Waals surface area (Å²) in [6.07, 6.45) is 0. The Hall–Kier alpha value is -0.890. The molecular weight excluding hydrogens is 291 g/mol. The van der Waals surface area contributed by atoms with E-state index in [0.717, 1.165) is 15.7 Å². The molecule has 0 saturated carbocycles. The van der Waals surface area contributed by atoms with Gasteiger partial charge in [-0.05, 0) is 18.2 Å². The number of halogens is 1. The van der Waals surface area contributed by atoms with E-state index in [-0.39, 0.29) is 0 Å². The fraction of sp³-hybridized carbons (Fsp3) is 0.273. The molecule has 0 saturated heterocycles. The van der Waals surface area contributed by atoms with Gasteiger partial charge in [-0.1, -0.05) is 34.4 Å². The van der Waals surface area contributed by atoms with E-state index in [1.807, 2.05) is 18.2 Å². The van der Waals surface area contributed by atoms with E-state index in [2.05, 4.69) is 34.4 Å². The van der Waals surface area contributed by atoms with Crippen LogP contribution >= 0.6 is 22.6 Å². The van der Waals surface area contributed by atoms with E-state index in [0.29, 0.717) is 5.75 Å². The normalized spacial score (nSPS) is 8.79. The van der Waals surface area contributed by atoms with Crippen LogP contribution in [0.2, 0.25) is 0 Å². The second kappa shape index (κ2) is 5.76. The molecule has 0 amide bonds. The minimum Gasteiger partial charge on any atom is -0.493 e. The molecule has 1 aromatic rings. The van der Waals surface area contributed by atoms with Gasteiger partial charge in [0.05, 0.1) is 18.6 Å². The molecule has 1 aromatic carbocycles. The number of methoxy groups -OCH3 is 2. The van der Waals surface area contributed by atoms with Crippen LogP contribution in [0.15, 0.2) is 18.2 Å². The number of rotatable bonds is 2. The van der Waals surface area contributed by atoms with E-state index in [1.54, 1.807) is 14.2 Å². The molecule has 0 radical (unpaired) electrons. The maximum atomic E-state index is 5.16. The smallest absolute Gasteiger partial charge is 0.161 e. The molecule has 0 atom stereocenters. The third-order valence-corrected chi connectivity index (χ3v) is 2.06. The summed E-state index contributed by atoms with van der Waals surface area (Å²) in [6, 6.07) is 5.65. The molecule has 0 aliphatic carbocycles. The van der Waals surface area contributed by atoms with Gasteiger partial charge in [-0.3, -0.25) is 0 Å². The molecule has 0 heterocycles. The third kappa shape index (κ3) is 2.81. The van der Waals surface area contributed by atoms with E-state index in [9.17, 15) is 0 Å². The first-order valence-corrected chi connectivity index (χ1v) is 5.61. The summed E-state index contributed by atoms with van der Waals surface area (Å²) in [5, 5.41) is 0. The van der Waals surface area contributed by atoms with Crippen molar-refractivity contribution in [3.8, 4) is 23.3 Å². The van der Waals surface area contributed by atoms with Crippen molar-refractivity contribution < 1.29 is 9.47 Å². The lowest BCUT2D eigenvalue weighted by Gasteiger charge is -2.06. The minimum absolute atomic E-state index is 0.716. The predicted molar refractivity (Wildman–Crippen MR) is 65.3 cm³/mol. The highest BCUT2D eigenvalue weighted by Gasteiger charge is 2.02. The monoisotopic (exact) mass is 302 g/mol. The van der Waals surface area contributed by atoms with Gasteiger partial charge >= 0.3 is 0 Å². The Balaban J connectivity index is 3.01. The Morgan fingerprint density at radius 3 is 2.50 bits per heavy atom. The van der Waals surface area contributed by atoms with E-state index >= 15 is 0 Å². The van der Waals surface area contributed by atoms with E-state index < -0.39 is 0 Å². The van der Waals surface area contributed by atoms with Crippen molar-refractivity contribution in [2.24, 2.45) is 0 Å². The highest BCUT2D eigenvalue weighted by molar-refractivity contribution is 14.1. The first-order chi connectivity index (χ1) is 6.81. The van der Waals surface area contributed by atoms with Gasteiger partial charge in [0.2, 0.25) is 0 Å². The summed E-state index contributed by atoms with van der Waals surface area (Å²) in [4.78, 5) is 0. The molecule has 74 valence electrons. The fourth-order valence-corrected chi connectivity index (χ4v) is 1.24. The third-order valence-electron chi connectivity index (χ3n) is 1.68. The average Bonchev–Trinajstić information content (AvgIpc) is 2.25. The highest BCUT2D eigenvalue weighted by Crippen LogP contribution is 2.26. The van der Waals surface area contributed by atoms with Crippen molar-refractivity contribution >= 4 is 22.6 Å². The second-order valence-corrected chi connectivity index (χ2v) is 3.27. The van der Waals surface area contributed by atoms with Crippen molar-refractivity contribution in [2.75, 3.05) is 18.6 Å². The van der Waals surface area contributed by atoms with Crippen molar-refractivity contribution in [2.45, 2.75) is 0 Å². The largest absolute Gasteiger partial charge is 0.493 e. The van der Waals surface area contributed by atoms with Crippen LogP contribution < -0.4 is 9.47 Å². The maximum Gasteiger partial charge on any atom is 0.161 e. The van der Waals surface area contributed by atoms with Crippen LogP contribution in [0.3, 0.4) is 0 Å². The zero-order valence-corrected chi connectivity index (χ0v) is 10.3. The van der Waals surface area contributed by atoms with Gasteiger partial charge in [0.25, 0.3) is 0 Å². The number of benzene rings is 1. The quantitative estimate of drug-likeness (QED) is 0.475. The van der Waals surface area contributed by atoms with Crippen molar-refractivity contribution in [3.63, 3.8) is 0 Å². The Labute approximate surface area is 97.7 Å². The molecular formula is C11H11IO2. The standard InChI is InChI=1S/C11H11IO2/c1-13-10-6-5-9(4-3-7-12)8-11(10)14-2/h5-6,8H,7H2,1-2H3. The average molecular weight is 302 g/mol. The van der Waals surface area contributed by atoms with Crippen molar-refractivity contribution in [1.29, 1.82) is 0 Å². The van der Waals surface area contributed by atoms with Crippen molar-refractivity contribution in [3.05, 3.63) is 23.8 Å². The van der Waals surface area contributed by atoms with E-state index in [1.165, 1.54) is 0 Å². The summed E-state index contributed by atoms with van der Waals surface area (Å²) >= 11 is 2.22. The van der Waals surface area contributed by atoms with Crippen LogP contribution in [0.4, 0.5) is 0 Å². The number of hydrogen-bond acceptors (Lipinski definition) is 2.